The van der Waals surface area contributed by atoms with Gasteiger partial charge in [0.05, 0.1) is 5.69 Å². The van der Waals surface area contributed by atoms with Crippen molar-refractivity contribution >= 4 is 5.97 Å². The van der Waals surface area contributed by atoms with E-state index in [9.17, 15) is 9.90 Å². The van der Waals surface area contributed by atoms with Crippen LogP contribution in [0, 0.1) is 0 Å². The Bertz CT molecular complexity index is 610. The van der Waals surface area contributed by atoms with Gasteiger partial charge in [0.2, 0.25) is 0 Å². The van der Waals surface area contributed by atoms with Crippen LogP contribution in [0.3, 0.4) is 0 Å². The molecule has 0 spiro atoms. The highest BCUT2D eigenvalue weighted by molar-refractivity contribution is 5.73. The van der Waals surface area contributed by atoms with Gasteiger partial charge in [0.1, 0.15) is 6.04 Å². The molecular weight excluding hydrogens is 266 g/mol. The molecule has 2 heterocycles. The number of nitrogens with zero attached hydrogens (tertiary/aromatic N) is 3. The summed E-state index contributed by atoms with van der Waals surface area (Å²) in [6, 6.07) is 9.64. The molecule has 1 aliphatic heterocycles. The maximum atomic E-state index is 11.4. The highest BCUT2D eigenvalue weighted by atomic mass is 16.4. The fraction of sp³-hybridized carbons (Fsp3) is 0.375. The van der Waals surface area contributed by atoms with Crippen molar-refractivity contribution in [1.82, 2.24) is 14.7 Å². The van der Waals surface area contributed by atoms with Crippen molar-refractivity contribution in [3.05, 3.63) is 48.3 Å². The van der Waals surface area contributed by atoms with E-state index in [1.807, 2.05) is 35.1 Å². The van der Waals surface area contributed by atoms with Crippen molar-refractivity contribution in [1.29, 1.82) is 0 Å². The van der Waals surface area contributed by atoms with Gasteiger partial charge in [0.15, 0.2) is 0 Å². The number of aliphatic carboxylic acids is 1. The molecule has 21 heavy (non-hydrogen) atoms. The molecule has 0 bridgehead atoms. The molecule has 0 amide bonds. The molecule has 0 aliphatic carbocycles. The topological polar surface area (TPSA) is 58.4 Å². The minimum Gasteiger partial charge on any atom is -0.480 e. The molecule has 1 N–H and O–H groups in total. The minimum atomic E-state index is -0.710. The second-order valence-corrected chi connectivity index (χ2v) is 5.44. The van der Waals surface area contributed by atoms with Gasteiger partial charge < -0.3 is 5.11 Å². The molecule has 1 fully saturated rings. The van der Waals surface area contributed by atoms with Gasteiger partial charge in [0, 0.05) is 18.9 Å². The van der Waals surface area contributed by atoms with Crippen LogP contribution in [0.2, 0.25) is 0 Å². The van der Waals surface area contributed by atoms with Crippen LogP contribution in [0.5, 0.6) is 0 Å². The summed E-state index contributed by atoms with van der Waals surface area (Å²) in [5, 5.41) is 13.6. The predicted octanol–water partition coefficient (Wildman–Crippen LogP) is 2.31. The standard InChI is InChI=1S/C16H19N3O2/c20-16(21)15-7-1-2-9-18(15)12-13-5-3-6-14(11-13)19-10-4-8-17-19/h3-6,8,10-11,15H,1-2,7,9,12H2,(H,20,21). The fourth-order valence-electron chi connectivity index (χ4n) is 2.91. The van der Waals surface area contributed by atoms with Gasteiger partial charge in [0.25, 0.3) is 0 Å². The van der Waals surface area contributed by atoms with E-state index in [0.29, 0.717) is 6.54 Å². The molecule has 1 saturated heterocycles. The Morgan fingerprint density at radius 3 is 3.00 bits per heavy atom. The number of aromatic nitrogens is 2. The molecular formula is C16H19N3O2. The number of carboxylic acids is 1. The highest BCUT2D eigenvalue weighted by Crippen LogP contribution is 2.20. The quantitative estimate of drug-likeness (QED) is 0.936. The molecule has 1 unspecified atom stereocenters. The van der Waals surface area contributed by atoms with E-state index in [1.165, 1.54) is 0 Å². The van der Waals surface area contributed by atoms with E-state index in [0.717, 1.165) is 37.1 Å². The zero-order valence-electron chi connectivity index (χ0n) is 11.9. The normalized spacial score (nSPS) is 19.5. The maximum Gasteiger partial charge on any atom is 0.320 e. The molecule has 5 heteroatoms. The molecule has 1 aromatic heterocycles. The van der Waals surface area contributed by atoms with E-state index < -0.39 is 5.97 Å². The second kappa shape index (κ2) is 6.10. The zero-order valence-corrected chi connectivity index (χ0v) is 11.9. The average molecular weight is 285 g/mol. The third kappa shape index (κ3) is 3.13. The van der Waals surface area contributed by atoms with E-state index in [-0.39, 0.29) is 6.04 Å². The Balaban J connectivity index is 1.78. The van der Waals surface area contributed by atoms with Crippen molar-refractivity contribution in [2.45, 2.75) is 31.8 Å². The summed E-state index contributed by atoms with van der Waals surface area (Å²) in [4.78, 5) is 13.4. The smallest absolute Gasteiger partial charge is 0.320 e. The minimum absolute atomic E-state index is 0.355. The van der Waals surface area contributed by atoms with Gasteiger partial charge >= 0.3 is 5.97 Å². The first kappa shape index (κ1) is 13.8. The lowest BCUT2D eigenvalue weighted by atomic mass is 10.0. The van der Waals surface area contributed by atoms with Crippen LogP contribution < -0.4 is 0 Å². The summed E-state index contributed by atoms with van der Waals surface area (Å²) in [5.74, 6) is -0.710. The maximum absolute atomic E-state index is 11.4. The van der Waals surface area contributed by atoms with Gasteiger partial charge in [-0.25, -0.2) is 4.68 Å². The Hall–Kier alpha value is -2.14. The van der Waals surface area contributed by atoms with Crippen LogP contribution in [0.25, 0.3) is 5.69 Å². The van der Waals surface area contributed by atoms with Gasteiger partial charge in [-0.05, 0) is 43.1 Å². The lowest BCUT2D eigenvalue weighted by Crippen LogP contribution is -2.44. The molecule has 2 aromatic rings. The number of carbonyl (C=O) groups is 1. The molecule has 1 aliphatic rings. The van der Waals surface area contributed by atoms with Gasteiger partial charge in [-0.3, -0.25) is 9.69 Å². The van der Waals surface area contributed by atoms with E-state index in [4.69, 9.17) is 0 Å². The average Bonchev–Trinajstić information content (AvgIpc) is 3.02. The largest absolute Gasteiger partial charge is 0.480 e. The third-order valence-corrected chi connectivity index (χ3v) is 3.96. The van der Waals surface area contributed by atoms with Crippen molar-refractivity contribution in [3.8, 4) is 5.69 Å². The van der Waals surface area contributed by atoms with Crippen LogP contribution in [-0.2, 0) is 11.3 Å². The number of benzene rings is 1. The van der Waals surface area contributed by atoms with Gasteiger partial charge in [-0.15, -0.1) is 0 Å². The first-order chi connectivity index (χ1) is 10.2. The Labute approximate surface area is 123 Å². The van der Waals surface area contributed by atoms with Crippen molar-refractivity contribution in [2.75, 3.05) is 6.54 Å². The van der Waals surface area contributed by atoms with E-state index >= 15 is 0 Å². The summed E-state index contributed by atoms with van der Waals surface area (Å²) >= 11 is 0. The van der Waals surface area contributed by atoms with E-state index in [2.05, 4.69) is 16.1 Å². The number of hydrogen-bond donors (Lipinski definition) is 1. The fourth-order valence-corrected chi connectivity index (χ4v) is 2.91. The van der Waals surface area contributed by atoms with E-state index in [1.54, 1.807) is 6.20 Å². The van der Waals surface area contributed by atoms with Crippen molar-refractivity contribution in [2.24, 2.45) is 0 Å². The van der Waals surface area contributed by atoms with Crippen LogP contribution in [0.1, 0.15) is 24.8 Å². The second-order valence-electron chi connectivity index (χ2n) is 5.44. The SMILES string of the molecule is O=C(O)C1CCCCN1Cc1cccc(-n2cccn2)c1. The Kier molecular flexibility index (Phi) is 4.01. The lowest BCUT2D eigenvalue weighted by molar-refractivity contribution is -0.144. The molecule has 0 saturated carbocycles. The Morgan fingerprint density at radius 1 is 1.33 bits per heavy atom. The molecule has 5 nitrogen and oxygen atoms in total. The summed E-state index contributed by atoms with van der Waals surface area (Å²) < 4.78 is 1.81. The van der Waals surface area contributed by atoms with Crippen molar-refractivity contribution < 1.29 is 9.90 Å². The number of carboxylic acid groups (broad SMARTS) is 1. The van der Waals surface area contributed by atoms with Crippen LogP contribution >= 0.6 is 0 Å². The zero-order chi connectivity index (χ0) is 14.7. The monoisotopic (exact) mass is 285 g/mol. The number of piperidine rings is 1. The summed E-state index contributed by atoms with van der Waals surface area (Å²) in [5.41, 5.74) is 2.12. The lowest BCUT2D eigenvalue weighted by Gasteiger charge is -2.32. The van der Waals surface area contributed by atoms with Crippen molar-refractivity contribution in [3.63, 3.8) is 0 Å². The van der Waals surface area contributed by atoms with Gasteiger partial charge in [-0.1, -0.05) is 18.6 Å². The summed E-state index contributed by atoms with van der Waals surface area (Å²) in [6.07, 6.45) is 6.47. The van der Waals surface area contributed by atoms with Gasteiger partial charge in [-0.2, -0.15) is 5.10 Å². The first-order valence-electron chi connectivity index (χ1n) is 7.30. The molecule has 1 atom stereocenters. The molecule has 3 rings (SSSR count). The highest BCUT2D eigenvalue weighted by Gasteiger charge is 2.28. The third-order valence-electron chi connectivity index (χ3n) is 3.96. The number of rotatable bonds is 4. The first-order valence-corrected chi connectivity index (χ1v) is 7.30. The van der Waals surface area contributed by atoms with Crippen LogP contribution in [0.15, 0.2) is 42.7 Å². The molecule has 1 aromatic carbocycles. The summed E-state index contributed by atoms with van der Waals surface area (Å²) in [7, 11) is 0. The molecule has 0 radical (unpaired) electrons. The number of likely N-dealkylation sites (tertiary alicyclic amines) is 1. The number of hydrogen-bond acceptors (Lipinski definition) is 3. The van der Waals surface area contributed by atoms with Crippen LogP contribution in [-0.4, -0.2) is 38.3 Å². The predicted molar refractivity (Wildman–Crippen MR) is 79.2 cm³/mol. The molecule has 110 valence electrons. The van der Waals surface area contributed by atoms with Crippen LogP contribution in [0.4, 0.5) is 0 Å². The Morgan fingerprint density at radius 2 is 2.24 bits per heavy atom. The summed E-state index contributed by atoms with van der Waals surface area (Å²) in [6.45, 7) is 1.52.